The largest absolute Gasteiger partial charge is 0.386 e. The van der Waals surface area contributed by atoms with Crippen LogP contribution in [0.3, 0.4) is 0 Å². The van der Waals surface area contributed by atoms with E-state index in [2.05, 4.69) is 42.8 Å². The fourth-order valence-corrected chi connectivity index (χ4v) is 6.51. The molecule has 0 bridgehead atoms. The lowest BCUT2D eigenvalue weighted by molar-refractivity contribution is -0.117. The third-order valence-corrected chi connectivity index (χ3v) is 8.30. The molecule has 0 fully saturated rings. The zero-order valence-corrected chi connectivity index (χ0v) is 21.3. The molecule has 2 aliphatic heterocycles. The summed E-state index contributed by atoms with van der Waals surface area (Å²) in [5.74, 6) is -0.749. The molecule has 2 aliphatic rings. The minimum Gasteiger partial charge on any atom is -0.386 e. The van der Waals surface area contributed by atoms with Gasteiger partial charge in [-0.15, -0.1) is 4.36 Å². The Balaban J connectivity index is 1.80. The number of ether oxygens (including phenoxy) is 1. The molecule has 8 heteroatoms. The maximum Gasteiger partial charge on any atom is 0.265 e. The predicted molar refractivity (Wildman–Crippen MR) is 130 cm³/mol. The van der Waals surface area contributed by atoms with Crippen molar-refractivity contribution in [2.24, 2.45) is 4.36 Å². The molecule has 2 aromatic carbocycles. The van der Waals surface area contributed by atoms with Crippen molar-refractivity contribution in [2.75, 3.05) is 0 Å². The molecule has 2 heterocycles. The smallest absolute Gasteiger partial charge is 0.265 e. The minimum absolute atomic E-state index is 0.0122. The van der Waals surface area contributed by atoms with Crippen LogP contribution in [-0.2, 0) is 44.7 Å². The van der Waals surface area contributed by atoms with Crippen molar-refractivity contribution in [3.63, 3.8) is 0 Å². The maximum atomic E-state index is 13.7. The molecule has 1 unspecified atom stereocenters. The fraction of sp³-hybridized carbons (Fsp3) is 0.462. The van der Waals surface area contributed by atoms with Gasteiger partial charge in [-0.05, 0) is 71.2 Å². The van der Waals surface area contributed by atoms with Gasteiger partial charge in [-0.25, -0.2) is 4.21 Å². The summed E-state index contributed by atoms with van der Waals surface area (Å²) in [6.07, 6.45) is -0.0122. The lowest BCUT2D eigenvalue weighted by Gasteiger charge is -2.22. The molecular formula is C26H32N2O5S. The summed E-state index contributed by atoms with van der Waals surface area (Å²) in [7, 11) is -3.50. The number of amides is 2. The normalized spacial score (nSPS) is 19.4. The number of carbonyl (C=O) groups is 2. The molecule has 0 aliphatic carbocycles. The Kier molecular flexibility index (Phi) is 6.21. The minimum atomic E-state index is -3.50. The highest BCUT2D eigenvalue weighted by Crippen LogP contribution is 2.37. The number of aliphatic hydroxyl groups is 1. The van der Waals surface area contributed by atoms with Gasteiger partial charge in [-0.1, -0.05) is 39.8 Å². The molecule has 2 aromatic rings. The van der Waals surface area contributed by atoms with Gasteiger partial charge in [0.15, 0.2) is 9.92 Å². The number of nitrogens with one attached hydrogen (secondary N) is 1. The van der Waals surface area contributed by atoms with Gasteiger partial charge in [0.1, 0.15) is 0 Å². The van der Waals surface area contributed by atoms with Crippen molar-refractivity contribution in [1.29, 1.82) is 0 Å². The SMILES string of the molecule is CC(C)c1cc2c(c(C(C)C)c1CC(=O)N=S1(=O)NC(=O)c3ccc(C(C)(C)O)cc31)COC2. The molecule has 0 saturated carbocycles. The molecule has 7 nitrogen and oxygen atoms in total. The molecule has 34 heavy (non-hydrogen) atoms. The second-order valence-corrected chi connectivity index (χ2v) is 12.1. The van der Waals surface area contributed by atoms with E-state index in [0.717, 1.165) is 27.8 Å². The number of nitrogens with zero attached hydrogens (tertiary/aromatic N) is 1. The summed E-state index contributed by atoms with van der Waals surface area (Å²) in [6, 6.07) is 6.74. The van der Waals surface area contributed by atoms with Crippen LogP contribution in [0.5, 0.6) is 0 Å². The highest BCUT2D eigenvalue weighted by Gasteiger charge is 2.34. The second-order valence-electron chi connectivity index (χ2n) is 10.2. The van der Waals surface area contributed by atoms with Gasteiger partial charge >= 0.3 is 0 Å². The van der Waals surface area contributed by atoms with E-state index in [1.807, 2.05) is 0 Å². The van der Waals surface area contributed by atoms with Gasteiger partial charge in [0, 0.05) is 0 Å². The monoisotopic (exact) mass is 484 g/mol. The fourth-order valence-electron chi connectivity index (χ4n) is 4.80. The molecule has 1 atom stereocenters. The molecule has 4 rings (SSSR count). The Bertz CT molecular complexity index is 1310. The Labute approximate surface area is 201 Å². The first-order chi connectivity index (χ1) is 15.8. The predicted octanol–water partition coefficient (Wildman–Crippen LogP) is 4.45. The standard InChI is InChI=1S/C26H32N2O5S/c1-14(2)19-9-16-12-33-13-21(16)24(15(3)4)20(19)11-23(29)27-34(32)22-10-17(26(5,6)31)7-8-18(22)25(30)28-34/h7-10,14-15,31H,11-13H2,1-6H3,(H,27,28,29,30,32). The van der Waals surface area contributed by atoms with Crippen molar-refractivity contribution in [3.8, 4) is 0 Å². The molecule has 2 N–H and O–H groups in total. The van der Waals surface area contributed by atoms with Crippen LogP contribution < -0.4 is 4.72 Å². The molecular weight excluding hydrogens is 452 g/mol. The summed E-state index contributed by atoms with van der Waals surface area (Å²) in [5.41, 5.74) is 4.83. The Morgan fingerprint density at radius 1 is 1.18 bits per heavy atom. The first-order valence-electron chi connectivity index (χ1n) is 11.6. The van der Waals surface area contributed by atoms with Gasteiger partial charge in [0.05, 0.1) is 35.7 Å². The molecule has 0 spiro atoms. The van der Waals surface area contributed by atoms with Gasteiger partial charge in [-0.2, -0.15) is 0 Å². The topological polar surface area (TPSA) is 105 Å². The first kappa shape index (κ1) is 24.6. The Morgan fingerprint density at radius 3 is 2.50 bits per heavy atom. The van der Waals surface area contributed by atoms with E-state index in [0.29, 0.717) is 18.8 Å². The van der Waals surface area contributed by atoms with Crippen molar-refractivity contribution in [3.05, 3.63) is 63.2 Å². The third kappa shape index (κ3) is 4.30. The average Bonchev–Trinajstić information content (AvgIpc) is 3.28. The van der Waals surface area contributed by atoms with Crippen molar-refractivity contribution < 1.29 is 23.6 Å². The zero-order valence-electron chi connectivity index (χ0n) is 20.5. The Morgan fingerprint density at radius 2 is 1.88 bits per heavy atom. The molecule has 182 valence electrons. The van der Waals surface area contributed by atoms with Crippen LogP contribution in [-0.4, -0.2) is 21.1 Å². The highest BCUT2D eigenvalue weighted by molar-refractivity contribution is 7.93. The third-order valence-electron chi connectivity index (χ3n) is 6.44. The van der Waals surface area contributed by atoms with Crippen molar-refractivity contribution in [1.82, 2.24) is 4.72 Å². The number of hydrogen-bond donors (Lipinski definition) is 2. The van der Waals surface area contributed by atoms with E-state index >= 15 is 0 Å². The number of fused-ring (bicyclic) bond motifs is 2. The molecule has 0 radical (unpaired) electrons. The van der Waals surface area contributed by atoms with Gasteiger partial charge < -0.3 is 9.84 Å². The molecule has 0 saturated heterocycles. The van der Waals surface area contributed by atoms with E-state index in [4.69, 9.17) is 4.74 Å². The average molecular weight is 485 g/mol. The van der Waals surface area contributed by atoms with Crippen LogP contribution in [0.25, 0.3) is 0 Å². The molecule has 2 amide bonds. The zero-order chi connectivity index (χ0) is 25.0. The van der Waals surface area contributed by atoms with Crippen molar-refractivity contribution in [2.45, 2.75) is 83.5 Å². The lowest BCUT2D eigenvalue weighted by Crippen LogP contribution is -2.23. The number of hydrogen-bond acceptors (Lipinski definition) is 5. The number of benzene rings is 2. The first-order valence-corrected chi connectivity index (χ1v) is 13.1. The van der Waals surface area contributed by atoms with E-state index in [1.165, 1.54) is 12.1 Å². The van der Waals surface area contributed by atoms with Crippen LogP contribution in [0.15, 0.2) is 33.5 Å². The number of rotatable bonds is 5. The van der Waals surface area contributed by atoms with Gasteiger partial charge in [-0.3, -0.25) is 14.3 Å². The van der Waals surface area contributed by atoms with E-state index in [1.54, 1.807) is 19.9 Å². The van der Waals surface area contributed by atoms with Crippen LogP contribution >= 0.6 is 0 Å². The van der Waals surface area contributed by atoms with E-state index in [9.17, 15) is 18.9 Å². The van der Waals surface area contributed by atoms with E-state index in [-0.39, 0.29) is 28.7 Å². The second kappa shape index (κ2) is 8.59. The summed E-state index contributed by atoms with van der Waals surface area (Å²) in [5, 5.41) is 10.4. The highest BCUT2D eigenvalue weighted by atomic mass is 32.2. The van der Waals surface area contributed by atoms with Crippen LogP contribution in [0.2, 0.25) is 0 Å². The lowest BCUT2D eigenvalue weighted by atomic mass is 9.82. The Hall–Kier alpha value is -2.55. The summed E-state index contributed by atoms with van der Waals surface area (Å²) in [6.45, 7) is 12.6. The summed E-state index contributed by atoms with van der Waals surface area (Å²) < 4.78 is 25.9. The summed E-state index contributed by atoms with van der Waals surface area (Å²) >= 11 is 0. The van der Waals surface area contributed by atoms with Crippen LogP contribution in [0, 0.1) is 0 Å². The van der Waals surface area contributed by atoms with Crippen LogP contribution in [0.1, 0.15) is 97.1 Å². The molecule has 0 aromatic heterocycles. The number of carbonyl (C=O) groups excluding carboxylic acids is 2. The van der Waals surface area contributed by atoms with Gasteiger partial charge in [0.2, 0.25) is 0 Å². The van der Waals surface area contributed by atoms with Crippen LogP contribution in [0.4, 0.5) is 0 Å². The maximum absolute atomic E-state index is 13.7. The van der Waals surface area contributed by atoms with Gasteiger partial charge in [0.25, 0.3) is 11.8 Å². The quantitative estimate of drug-likeness (QED) is 0.653. The van der Waals surface area contributed by atoms with Crippen molar-refractivity contribution >= 4 is 21.7 Å². The van der Waals surface area contributed by atoms with E-state index < -0.39 is 27.3 Å². The summed E-state index contributed by atoms with van der Waals surface area (Å²) in [4.78, 5) is 25.8.